The van der Waals surface area contributed by atoms with E-state index >= 15 is 0 Å². The number of aryl methyl sites for hydroxylation is 1. The van der Waals surface area contributed by atoms with Crippen LogP contribution < -0.4 is 15.6 Å². The Morgan fingerprint density at radius 3 is 2.72 bits per heavy atom. The fourth-order valence-corrected chi connectivity index (χ4v) is 3.49. The first-order valence-electron chi connectivity index (χ1n) is 10.1. The van der Waals surface area contributed by atoms with Gasteiger partial charge in [0.05, 0.1) is 22.0 Å². The van der Waals surface area contributed by atoms with E-state index in [0.29, 0.717) is 33.5 Å². The lowest BCUT2D eigenvalue weighted by Crippen LogP contribution is -2.23. The van der Waals surface area contributed by atoms with Crippen molar-refractivity contribution in [2.45, 2.75) is 33.4 Å². The summed E-state index contributed by atoms with van der Waals surface area (Å²) in [5.41, 5.74) is 2.01. The van der Waals surface area contributed by atoms with Crippen molar-refractivity contribution in [3.63, 3.8) is 0 Å². The molecular formula is C23H22ClN5O3. The van der Waals surface area contributed by atoms with E-state index in [-0.39, 0.29) is 24.1 Å². The van der Waals surface area contributed by atoms with Gasteiger partial charge in [0, 0.05) is 12.1 Å². The van der Waals surface area contributed by atoms with Gasteiger partial charge in [-0.1, -0.05) is 29.8 Å². The third-order valence-electron chi connectivity index (χ3n) is 4.86. The molecule has 8 nitrogen and oxygen atoms in total. The average Bonchev–Trinajstić information content (AvgIpc) is 3.18. The van der Waals surface area contributed by atoms with Crippen molar-refractivity contribution >= 4 is 29.0 Å². The van der Waals surface area contributed by atoms with E-state index in [1.165, 1.54) is 10.6 Å². The molecule has 0 unspecified atom stereocenters. The van der Waals surface area contributed by atoms with Gasteiger partial charge in [-0.25, -0.2) is 4.98 Å². The number of aromatic nitrogens is 4. The summed E-state index contributed by atoms with van der Waals surface area (Å²) in [5.74, 6) is 0.412. The van der Waals surface area contributed by atoms with Crippen LogP contribution in [0.15, 0.2) is 59.7 Å². The van der Waals surface area contributed by atoms with Crippen LogP contribution in [0, 0.1) is 6.92 Å². The van der Waals surface area contributed by atoms with Gasteiger partial charge in [-0.3, -0.25) is 14.3 Å². The summed E-state index contributed by atoms with van der Waals surface area (Å²) in [6.07, 6.45) is 1.58. The van der Waals surface area contributed by atoms with Crippen LogP contribution in [0.2, 0.25) is 5.02 Å². The van der Waals surface area contributed by atoms with Crippen molar-refractivity contribution in [3.05, 3.63) is 87.1 Å². The summed E-state index contributed by atoms with van der Waals surface area (Å²) in [5, 5.41) is 3.21. The summed E-state index contributed by atoms with van der Waals surface area (Å²) in [6, 6.07) is 13.7. The van der Waals surface area contributed by atoms with Crippen molar-refractivity contribution in [2.24, 2.45) is 0 Å². The molecule has 2 aromatic heterocycles. The van der Waals surface area contributed by atoms with Gasteiger partial charge < -0.3 is 10.1 Å². The van der Waals surface area contributed by atoms with Crippen molar-refractivity contribution < 1.29 is 9.53 Å². The minimum atomic E-state index is -0.344. The Labute approximate surface area is 189 Å². The van der Waals surface area contributed by atoms with Crippen molar-refractivity contribution in [2.75, 3.05) is 5.32 Å². The zero-order chi connectivity index (χ0) is 22.8. The van der Waals surface area contributed by atoms with E-state index in [1.807, 2.05) is 26.8 Å². The highest BCUT2D eigenvalue weighted by Gasteiger charge is 2.15. The zero-order valence-electron chi connectivity index (χ0n) is 17.9. The number of anilines is 1. The number of halogens is 1. The van der Waals surface area contributed by atoms with Crippen LogP contribution >= 0.6 is 11.6 Å². The zero-order valence-corrected chi connectivity index (χ0v) is 18.6. The Hall–Kier alpha value is -3.65. The van der Waals surface area contributed by atoms with Gasteiger partial charge >= 0.3 is 0 Å². The van der Waals surface area contributed by atoms with Crippen LogP contribution in [0.25, 0.3) is 5.78 Å². The molecule has 0 aliphatic carbocycles. The molecule has 0 aliphatic heterocycles. The maximum atomic E-state index is 12.7. The molecule has 0 spiro atoms. The molecule has 164 valence electrons. The van der Waals surface area contributed by atoms with Crippen LogP contribution in [0.5, 0.6) is 5.75 Å². The molecule has 0 bridgehead atoms. The smallest absolute Gasteiger partial charge is 0.274 e. The summed E-state index contributed by atoms with van der Waals surface area (Å²) >= 11 is 6.14. The molecule has 1 N–H and O–H groups in total. The molecule has 4 rings (SSSR count). The normalized spacial score (nSPS) is 11.2. The minimum Gasteiger partial charge on any atom is -0.485 e. The maximum absolute atomic E-state index is 12.7. The van der Waals surface area contributed by atoms with Crippen molar-refractivity contribution in [1.82, 2.24) is 19.2 Å². The van der Waals surface area contributed by atoms with Crippen LogP contribution in [0.3, 0.4) is 0 Å². The number of ether oxygens (including phenoxy) is 1. The molecule has 0 atom stereocenters. The topological polar surface area (TPSA) is 90.5 Å². The molecule has 0 saturated carbocycles. The SMILES string of the molecule is Cc1ccc(OCc2cc(=O)n3c(ncn3C(C)C)n2)c(NC(=O)c2ccccc2Cl)c1. The maximum Gasteiger partial charge on any atom is 0.274 e. The first kappa shape index (κ1) is 21.6. The fraction of sp³-hybridized carbons (Fsp3) is 0.217. The Balaban J connectivity index is 1.57. The second-order valence-corrected chi connectivity index (χ2v) is 8.05. The minimum absolute atomic E-state index is 0.0400. The largest absolute Gasteiger partial charge is 0.485 e. The number of rotatable bonds is 6. The predicted octanol–water partition coefficient (Wildman–Crippen LogP) is 4.27. The summed E-state index contributed by atoms with van der Waals surface area (Å²) in [6.45, 7) is 5.87. The first-order chi connectivity index (χ1) is 15.3. The molecule has 0 fully saturated rings. The number of hydrogen-bond donors (Lipinski definition) is 1. The third kappa shape index (κ3) is 4.36. The van der Waals surface area contributed by atoms with Gasteiger partial charge in [0.1, 0.15) is 18.7 Å². The van der Waals surface area contributed by atoms with E-state index in [4.69, 9.17) is 16.3 Å². The van der Waals surface area contributed by atoms with Gasteiger partial charge in [0.15, 0.2) is 0 Å². The second kappa shape index (κ2) is 8.84. The number of fused-ring (bicyclic) bond motifs is 1. The Bertz CT molecular complexity index is 1360. The van der Waals surface area contributed by atoms with Crippen LogP contribution in [-0.2, 0) is 6.61 Å². The highest BCUT2D eigenvalue weighted by molar-refractivity contribution is 6.34. The molecule has 32 heavy (non-hydrogen) atoms. The predicted molar refractivity (Wildman–Crippen MR) is 123 cm³/mol. The Morgan fingerprint density at radius 1 is 1.19 bits per heavy atom. The molecule has 0 radical (unpaired) electrons. The lowest BCUT2D eigenvalue weighted by molar-refractivity contribution is 0.102. The Kier molecular flexibility index (Phi) is 5.96. The number of nitrogens with one attached hydrogen (secondary N) is 1. The Morgan fingerprint density at radius 2 is 1.97 bits per heavy atom. The van der Waals surface area contributed by atoms with E-state index < -0.39 is 0 Å². The van der Waals surface area contributed by atoms with E-state index in [0.717, 1.165) is 5.56 Å². The molecule has 0 aliphatic rings. The molecular weight excluding hydrogens is 430 g/mol. The number of carbonyl (C=O) groups excluding carboxylic acids is 1. The molecule has 2 heterocycles. The number of amides is 1. The van der Waals surface area contributed by atoms with Crippen LogP contribution in [-0.4, -0.2) is 25.1 Å². The summed E-state index contributed by atoms with van der Waals surface area (Å²) < 4.78 is 9.06. The molecule has 9 heteroatoms. The summed E-state index contributed by atoms with van der Waals surface area (Å²) in [7, 11) is 0. The molecule has 0 saturated heterocycles. The van der Waals surface area contributed by atoms with Gasteiger partial charge in [-0.2, -0.15) is 9.50 Å². The second-order valence-electron chi connectivity index (χ2n) is 7.64. The fourth-order valence-electron chi connectivity index (χ4n) is 3.27. The lowest BCUT2D eigenvalue weighted by Gasteiger charge is -2.14. The molecule has 4 aromatic rings. The number of nitrogens with zero attached hydrogens (tertiary/aromatic N) is 4. The third-order valence-corrected chi connectivity index (χ3v) is 5.19. The molecule has 2 aromatic carbocycles. The van der Waals surface area contributed by atoms with Crippen molar-refractivity contribution in [1.29, 1.82) is 0 Å². The van der Waals surface area contributed by atoms with E-state index in [1.54, 1.807) is 47.4 Å². The molecule has 1 amide bonds. The monoisotopic (exact) mass is 451 g/mol. The first-order valence-corrected chi connectivity index (χ1v) is 10.5. The van der Waals surface area contributed by atoms with E-state index in [2.05, 4.69) is 15.3 Å². The number of hydrogen-bond acceptors (Lipinski definition) is 5. The highest BCUT2D eigenvalue weighted by atomic mass is 35.5. The summed E-state index contributed by atoms with van der Waals surface area (Å²) in [4.78, 5) is 33.9. The van der Waals surface area contributed by atoms with Crippen LogP contribution in [0.1, 0.15) is 41.5 Å². The van der Waals surface area contributed by atoms with Gasteiger partial charge in [-0.15, -0.1) is 0 Å². The van der Waals surface area contributed by atoms with Gasteiger partial charge in [0.25, 0.3) is 17.2 Å². The number of carbonyl (C=O) groups is 1. The van der Waals surface area contributed by atoms with Gasteiger partial charge in [-0.05, 0) is 50.6 Å². The highest BCUT2D eigenvalue weighted by Crippen LogP contribution is 2.28. The standard InChI is InChI=1S/C23H22ClN5O3/c1-14(2)28-13-25-23-26-16(11-21(30)29(23)28)12-32-20-9-8-15(3)10-19(20)27-22(31)17-6-4-5-7-18(17)24/h4-11,13-14H,12H2,1-3H3,(H,27,31). The average molecular weight is 452 g/mol. The quantitative estimate of drug-likeness (QED) is 0.473. The van der Waals surface area contributed by atoms with E-state index in [9.17, 15) is 9.59 Å². The lowest BCUT2D eigenvalue weighted by atomic mass is 10.1. The van der Waals surface area contributed by atoms with Crippen molar-refractivity contribution in [3.8, 4) is 5.75 Å². The van der Waals surface area contributed by atoms with Gasteiger partial charge in [0.2, 0.25) is 0 Å². The number of benzene rings is 2. The van der Waals surface area contributed by atoms with Crippen LogP contribution in [0.4, 0.5) is 5.69 Å².